The fraction of sp³-hybridized carbons (Fsp3) is 0.133. The zero-order valence-corrected chi connectivity index (χ0v) is 18.3. The average Bonchev–Trinajstić information content (AvgIpc) is 3.20. The summed E-state index contributed by atoms with van der Waals surface area (Å²) >= 11 is 0. The van der Waals surface area contributed by atoms with Crippen LogP contribution in [0, 0.1) is 12.7 Å². The highest BCUT2D eigenvalue weighted by Gasteiger charge is 2.42. The van der Waals surface area contributed by atoms with Gasteiger partial charge >= 0.3 is 0 Å². The van der Waals surface area contributed by atoms with E-state index in [0.29, 0.717) is 0 Å². The number of H-pyrrole nitrogens is 1. The lowest BCUT2D eigenvalue weighted by molar-refractivity contribution is 0.136. The lowest BCUT2D eigenvalue weighted by Gasteiger charge is -2.40. The smallest absolute Gasteiger partial charge is 0.146 e. The van der Waals surface area contributed by atoms with E-state index in [-0.39, 0.29) is 23.8 Å². The minimum Gasteiger partial charge on any atom is -0.483 e. The molecule has 0 unspecified atom stereocenters. The number of aromatic nitrogens is 1. The monoisotopic (exact) mass is 433 g/mol. The van der Waals surface area contributed by atoms with E-state index in [1.165, 1.54) is 22.6 Å². The first-order valence-electron chi connectivity index (χ1n) is 11.3. The number of hydrogen-bond donors (Lipinski definition) is 1. The number of rotatable bonds is 3. The molecule has 1 aromatic heterocycles. The summed E-state index contributed by atoms with van der Waals surface area (Å²) < 4.78 is 21.2. The van der Waals surface area contributed by atoms with Crippen LogP contribution in [-0.2, 0) is 0 Å². The van der Waals surface area contributed by atoms with Crippen molar-refractivity contribution in [2.75, 3.05) is 0 Å². The van der Waals surface area contributed by atoms with Crippen molar-refractivity contribution in [2.45, 2.75) is 24.9 Å². The Labute approximate surface area is 192 Å². The van der Waals surface area contributed by atoms with Crippen LogP contribution in [0.4, 0.5) is 4.39 Å². The summed E-state index contributed by atoms with van der Waals surface area (Å²) in [4.78, 5) is 3.65. The first-order chi connectivity index (χ1) is 16.2. The summed E-state index contributed by atoms with van der Waals surface area (Å²) in [6, 6.07) is 34.1. The SMILES string of the molecule is Cc1c([C@@H]2Oc3ccc(F)cc3[C@@H](c3ccccc3)[C@H]2c2ccccc2)[nH]c2ccccc12. The molecule has 1 aliphatic rings. The molecule has 2 nitrogen and oxygen atoms in total. The molecule has 4 aromatic carbocycles. The van der Waals surface area contributed by atoms with Crippen LogP contribution in [-0.4, -0.2) is 4.98 Å². The van der Waals surface area contributed by atoms with Crippen LogP contribution in [0.2, 0.25) is 0 Å². The third-order valence-corrected chi connectivity index (χ3v) is 6.88. The Kier molecular flexibility index (Phi) is 4.76. The quantitative estimate of drug-likeness (QED) is 0.310. The first-order valence-corrected chi connectivity index (χ1v) is 11.3. The van der Waals surface area contributed by atoms with Crippen molar-refractivity contribution >= 4 is 10.9 Å². The van der Waals surface area contributed by atoms with Crippen molar-refractivity contribution in [3.63, 3.8) is 0 Å². The molecule has 0 fully saturated rings. The van der Waals surface area contributed by atoms with E-state index in [1.54, 1.807) is 12.1 Å². The molecule has 1 N–H and O–H groups in total. The number of hydrogen-bond acceptors (Lipinski definition) is 1. The van der Waals surface area contributed by atoms with Gasteiger partial charge in [-0.2, -0.15) is 0 Å². The Bertz CT molecular complexity index is 1420. The van der Waals surface area contributed by atoms with E-state index < -0.39 is 0 Å². The van der Waals surface area contributed by atoms with Crippen molar-refractivity contribution in [1.82, 2.24) is 4.98 Å². The molecular formula is C30H24FNO. The second-order valence-corrected chi connectivity index (χ2v) is 8.75. The van der Waals surface area contributed by atoms with E-state index in [1.807, 2.05) is 18.2 Å². The summed E-state index contributed by atoms with van der Waals surface area (Å²) in [6.07, 6.45) is -0.247. The standard InChI is InChI=1S/C30H24FNO/c1-19-23-14-8-9-15-25(23)32-29(19)30-28(21-12-6-3-7-13-21)27(20-10-4-2-5-11-20)24-18-22(31)16-17-26(24)33-30/h2-18,27-28,30,32H,1H3/t27-,28-,30-/m1/s1. The van der Waals surface area contributed by atoms with E-state index in [9.17, 15) is 4.39 Å². The third kappa shape index (κ3) is 3.32. The second kappa shape index (κ2) is 7.93. The van der Waals surface area contributed by atoms with Gasteiger partial charge in [0.15, 0.2) is 0 Å². The molecule has 0 saturated heterocycles. The van der Waals surface area contributed by atoms with Gasteiger partial charge in [0.2, 0.25) is 0 Å². The second-order valence-electron chi connectivity index (χ2n) is 8.75. The largest absolute Gasteiger partial charge is 0.483 e. The summed E-state index contributed by atoms with van der Waals surface area (Å²) in [5.74, 6) is 0.407. The van der Waals surface area contributed by atoms with Crippen LogP contribution < -0.4 is 4.74 Å². The molecule has 1 aliphatic heterocycles. The Morgan fingerprint density at radius 2 is 1.42 bits per heavy atom. The number of fused-ring (bicyclic) bond motifs is 2. The van der Waals surface area contributed by atoms with Crippen molar-refractivity contribution in [2.24, 2.45) is 0 Å². The number of halogens is 1. The molecule has 0 bridgehead atoms. The maximum atomic E-state index is 14.5. The summed E-state index contributed by atoms with van der Waals surface area (Å²) in [7, 11) is 0. The number of nitrogens with one attached hydrogen (secondary N) is 1. The van der Waals surface area contributed by atoms with Gasteiger partial charge in [-0.25, -0.2) is 4.39 Å². The molecule has 2 heterocycles. The molecular weight excluding hydrogens is 409 g/mol. The minimum absolute atomic E-state index is 0.0327. The molecule has 3 atom stereocenters. The van der Waals surface area contributed by atoms with Gasteiger partial charge in [0, 0.05) is 28.3 Å². The number of aromatic amines is 1. The lowest BCUT2D eigenvalue weighted by Crippen LogP contribution is -2.30. The van der Waals surface area contributed by atoms with E-state index >= 15 is 0 Å². The Morgan fingerprint density at radius 3 is 2.15 bits per heavy atom. The molecule has 162 valence electrons. The van der Waals surface area contributed by atoms with Gasteiger partial charge in [-0.3, -0.25) is 0 Å². The highest BCUT2D eigenvalue weighted by atomic mass is 19.1. The molecule has 0 amide bonds. The average molecular weight is 434 g/mol. The van der Waals surface area contributed by atoms with Crippen LogP contribution in [0.25, 0.3) is 10.9 Å². The van der Waals surface area contributed by atoms with Gasteiger partial charge in [0.1, 0.15) is 17.7 Å². The maximum absolute atomic E-state index is 14.5. The summed E-state index contributed by atoms with van der Waals surface area (Å²) in [6.45, 7) is 2.15. The van der Waals surface area contributed by atoms with E-state index in [2.05, 4.69) is 78.6 Å². The lowest BCUT2D eigenvalue weighted by atomic mass is 9.71. The van der Waals surface area contributed by atoms with Crippen LogP contribution >= 0.6 is 0 Å². The van der Waals surface area contributed by atoms with Crippen molar-refractivity contribution < 1.29 is 9.13 Å². The zero-order chi connectivity index (χ0) is 22.4. The summed E-state index contributed by atoms with van der Waals surface area (Å²) in [5, 5.41) is 1.20. The van der Waals surface area contributed by atoms with Crippen molar-refractivity contribution in [3.05, 3.63) is 137 Å². The fourth-order valence-corrected chi connectivity index (χ4v) is 5.36. The number of benzene rings is 4. The van der Waals surface area contributed by atoms with Crippen molar-refractivity contribution in [1.29, 1.82) is 0 Å². The van der Waals surface area contributed by atoms with Gasteiger partial charge in [-0.15, -0.1) is 0 Å². The molecule has 0 saturated carbocycles. The molecule has 33 heavy (non-hydrogen) atoms. The van der Waals surface area contributed by atoms with Crippen LogP contribution in [0.5, 0.6) is 5.75 Å². The number of para-hydroxylation sites is 1. The maximum Gasteiger partial charge on any atom is 0.146 e. The van der Waals surface area contributed by atoms with Crippen LogP contribution in [0.15, 0.2) is 103 Å². The Balaban J connectivity index is 1.63. The Hall–Kier alpha value is -3.85. The normalized spacial score (nSPS) is 19.8. The topological polar surface area (TPSA) is 25.0 Å². The van der Waals surface area contributed by atoms with E-state index in [4.69, 9.17) is 4.74 Å². The van der Waals surface area contributed by atoms with E-state index in [0.717, 1.165) is 28.1 Å². The third-order valence-electron chi connectivity index (χ3n) is 6.88. The molecule has 0 aliphatic carbocycles. The molecule has 0 spiro atoms. The molecule has 3 heteroatoms. The van der Waals surface area contributed by atoms with Gasteiger partial charge in [0.05, 0.1) is 5.69 Å². The number of ether oxygens (including phenoxy) is 1. The highest BCUT2D eigenvalue weighted by molar-refractivity contribution is 5.84. The van der Waals surface area contributed by atoms with Gasteiger partial charge in [-0.05, 0) is 47.9 Å². The molecule has 0 radical (unpaired) electrons. The van der Waals surface area contributed by atoms with Crippen LogP contribution in [0.1, 0.15) is 45.9 Å². The first kappa shape index (κ1) is 19.8. The van der Waals surface area contributed by atoms with Crippen LogP contribution in [0.3, 0.4) is 0 Å². The molecule has 6 rings (SSSR count). The predicted molar refractivity (Wildman–Crippen MR) is 130 cm³/mol. The van der Waals surface area contributed by atoms with Crippen molar-refractivity contribution in [3.8, 4) is 5.75 Å². The van der Waals surface area contributed by atoms with Gasteiger partial charge in [0.25, 0.3) is 0 Å². The highest BCUT2D eigenvalue weighted by Crippen LogP contribution is 2.54. The molecule has 5 aromatic rings. The van der Waals surface area contributed by atoms with Gasteiger partial charge < -0.3 is 9.72 Å². The van der Waals surface area contributed by atoms with Gasteiger partial charge in [-0.1, -0.05) is 78.9 Å². The fourth-order valence-electron chi connectivity index (χ4n) is 5.36. The minimum atomic E-state index is -0.247. The zero-order valence-electron chi connectivity index (χ0n) is 18.3. The Morgan fingerprint density at radius 1 is 0.758 bits per heavy atom. The predicted octanol–water partition coefficient (Wildman–Crippen LogP) is 7.66. The summed E-state index contributed by atoms with van der Waals surface area (Å²) in [5.41, 5.74) is 6.57. The number of aryl methyl sites for hydroxylation is 1.